The van der Waals surface area contributed by atoms with Crippen LogP contribution in [0.25, 0.3) is 0 Å². The molecular formula is C20H22Cl2N2O3. The normalized spacial score (nSPS) is 11.8. The van der Waals surface area contributed by atoms with E-state index in [0.29, 0.717) is 17.3 Å². The van der Waals surface area contributed by atoms with E-state index in [1.807, 2.05) is 38.1 Å². The predicted octanol–water partition coefficient (Wildman–Crippen LogP) is 4.07. The molecule has 0 aliphatic rings. The Morgan fingerprint density at radius 3 is 2.44 bits per heavy atom. The molecule has 0 spiro atoms. The summed E-state index contributed by atoms with van der Waals surface area (Å²) in [5, 5.41) is 6.27. The van der Waals surface area contributed by atoms with Crippen molar-refractivity contribution >= 4 is 35.0 Å². The zero-order chi connectivity index (χ0) is 20.0. The lowest BCUT2D eigenvalue weighted by Crippen LogP contribution is -2.49. The van der Waals surface area contributed by atoms with E-state index in [0.717, 1.165) is 5.56 Å². The summed E-state index contributed by atoms with van der Waals surface area (Å²) in [4.78, 5) is 25.2. The summed E-state index contributed by atoms with van der Waals surface area (Å²) < 4.78 is 5.28. The summed E-state index contributed by atoms with van der Waals surface area (Å²) in [5.41, 5.74) is 1.12. The number of benzene rings is 2. The molecule has 0 aromatic heterocycles. The van der Waals surface area contributed by atoms with Gasteiger partial charge in [-0.2, -0.15) is 0 Å². The predicted molar refractivity (Wildman–Crippen MR) is 107 cm³/mol. The first kappa shape index (κ1) is 21.1. The molecule has 144 valence electrons. The molecule has 2 N–H and O–H groups in total. The number of hydrogen-bond donors (Lipinski definition) is 2. The average molecular weight is 409 g/mol. The molecule has 0 heterocycles. The molecule has 0 fully saturated rings. The Morgan fingerprint density at radius 2 is 1.81 bits per heavy atom. The minimum atomic E-state index is -0.709. The molecule has 27 heavy (non-hydrogen) atoms. The zero-order valence-electron chi connectivity index (χ0n) is 15.4. The lowest BCUT2D eigenvalue weighted by atomic mass is 10.0. The van der Waals surface area contributed by atoms with Gasteiger partial charge in [-0.1, -0.05) is 55.2 Å². The van der Waals surface area contributed by atoms with Crippen LogP contribution in [-0.4, -0.2) is 25.0 Å². The highest BCUT2D eigenvalue weighted by atomic mass is 35.5. The largest absolute Gasteiger partial charge is 0.496 e. The van der Waals surface area contributed by atoms with E-state index < -0.39 is 11.9 Å². The third-order valence-electron chi connectivity index (χ3n) is 4.06. The molecular weight excluding hydrogens is 387 g/mol. The van der Waals surface area contributed by atoms with E-state index >= 15 is 0 Å². The molecule has 7 heteroatoms. The first-order chi connectivity index (χ1) is 12.8. The van der Waals surface area contributed by atoms with Gasteiger partial charge in [-0.25, -0.2) is 0 Å². The molecule has 2 aromatic rings. The second kappa shape index (κ2) is 9.62. The number of halogens is 2. The van der Waals surface area contributed by atoms with E-state index in [1.165, 1.54) is 12.1 Å². The Bertz CT molecular complexity index is 825. The quantitative estimate of drug-likeness (QED) is 0.725. The van der Waals surface area contributed by atoms with Gasteiger partial charge in [0.2, 0.25) is 5.91 Å². The molecule has 5 nitrogen and oxygen atoms in total. The lowest BCUT2D eigenvalue weighted by molar-refractivity contribution is -0.124. The minimum absolute atomic E-state index is 0.113. The Hall–Kier alpha value is -2.24. The zero-order valence-corrected chi connectivity index (χ0v) is 16.9. The molecule has 1 atom stereocenters. The summed E-state index contributed by atoms with van der Waals surface area (Å²) in [5.74, 6) is -0.134. The van der Waals surface area contributed by atoms with Gasteiger partial charge in [0.1, 0.15) is 11.8 Å². The number of hydrogen-bond acceptors (Lipinski definition) is 3. The maximum absolute atomic E-state index is 12.6. The summed E-state index contributed by atoms with van der Waals surface area (Å²) in [6.45, 7) is 4.01. The number of methoxy groups -OCH3 is 1. The van der Waals surface area contributed by atoms with Crippen LogP contribution in [0.1, 0.15) is 29.8 Å². The summed E-state index contributed by atoms with van der Waals surface area (Å²) in [7, 11) is 1.58. The van der Waals surface area contributed by atoms with Crippen LogP contribution < -0.4 is 15.4 Å². The smallest absolute Gasteiger partial charge is 0.253 e. The van der Waals surface area contributed by atoms with Crippen LogP contribution in [0, 0.1) is 5.92 Å². The highest BCUT2D eigenvalue weighted by Gasteiger charge is 2.25. The van der Waals surface area contributed by atoms with Crippen LogP contribution in [0.4, 0.5) is 0 Å². The van der Waals surface area contributed by atoms with Crippen LogP contribution in [-0.2, 0) is 11.3 Å². The standard InChI is InChI=1S/C20H22Cl2N2O3/c1-12(2)18(24-19(25)15-9-8-14(21)10-16(15)22)20(26)23-11-13-6-4-5-7-17(13)27-3/h4-10,12,18H,11H2,1-3H3,(H,23,26)(H,24,25)/t18-/m0/s1. The number of amides is 2. The van der Waals surface area contributed by atoms with Gasteiger partial charge in [0, 0.05) is 17.1 Å². The maximum atomic E-state index is 12.6. The summed E-state index contributed by atoms with van der Waals surface area (Å²) in [6, 6.07) is 11.3. The van der Waals surface area contributed by atoms with Crippen molar-refractivity contribution in [1.82, 2.24) is 10.6 Å². The number of carbonyl (C=O) groups is 2. The van der Waals surface area contributed by atoms with E-state index in [-0.39, 0.29) is 22.4 Å². The van der Waals surface area contributed by atoms with Gasteiger partial charge in [-0.15, -0.1) is 0 Å². The third-order valence-corrected chi connectivity index (χ3v) is 4.60. The molecule has 2 amide bonds. The van der Waals surface area contributed by atoms with Gasteiger partial charge in [-0.05, 0) is 30.2 Å². The molecule has 0 aliphatic carbocycles. The number of carbonyl (C=O) groups excluding carboxylic acids is 2. The Morgan fingerprint density at radius 1 is 1.11 bits per heavy atom. The van der Waals surface area contributed by atoms with Crippen LogP contribution >= 0.6 is 23.2 Å². The monoisotopic (exact) mass is 408 g/mol. The van der Waals surface area contributed by atoms with Gasteiger partial charge in [0.25, 0.3) is 5.91 Å². The Kier molecular flexibility index (Phi) is 7.51. The van der Waals surface area contributed by atoms with Crippen molar-refractivity contribution in [2.45, 2.75) is 26.4 Å². The van der Waals surface area contributed by atoms with Crippen LogP contribution in [0.5, 0.6) is 5.75 Å². The first-order valence-corrected chi connectivity index (χ1v) is 9.24. The van der Waals surface area contributed by atoms with E-state index in [2.05, 4.69) is 10.6 Å². The van der Waals surface area contributed by atoms with Crippen molar-refractivity contribution in [2.75, 3.05) is 7.11 Å². The maximum Gasteiger partial charge on any atom is 0.253 e. The number of para-hydroxylation sites is 1. The van der Waals surface area contributed by atoms with Crippen LogP contribution in [0.3, 0.4) is 0 Å². The minimum Gasteiger partial charge on any atom is -0.496 e. The molecule has 2 rings (SSSR count). The molecule has 2 aromatic carbocycles. The number of nitrogens with one attached hydrogen (secondary N) is 2. The number of rotatable bonds is 7. The van der Waals surface area contributed by atoms with Gasteiger partial charge < -0.3 is 15.4 Å². The topological polar surface area (TPSA) is 67.4 Å². The lowest BCUT2D eigenvalue weighted by Gasteiger charge is -2.22. The fourth-order valence-corrected chi connectivity index (χ4v) is 3.06. The average Bonchev–Trinajstić information content (AvgIpc) is 2.63. The van der Waals surface area contributed by atoms with Crippen LogP contribution in [0.15, 0.2) is 42.5 Å². The van der Waals surface area contributed by atoms with Crippen molar-refractivity contribution in [2.24, 2.45) is 5.92 Å². The van der Waals surface area contributed by atoms with Gasteiger partial charge in [0.15, 0.2) is 0 Å². The highest BCUT2D eigenvalue weighted by molar-refractivity contribution is 6.36. The molecule has 0 aliphatic heterocycles. The first-order valence-electron chi connectivity index (χ1n) is 8.49. The summed E-state index contributed by atoms with van der Waals surface area (Å²) in [6.07, 6.45) is 0. The van der Waals surface area contributed by atoms with Crippen molar-refractivity contribution in [3.8, 4) is 5.75 Å². The van der Waals surface area contributed by atoms with Crippen molar-refractivity contribution in [3.05, 3.63) is 63.6 Å². The molecule has 0 saturated heterocycles. The van der Waals surface area contributed by atoms with Crippen molar-refractivity contribution in [1.29, 1.82) is 0 Å². The fraction of sp³-hybridized carbons (Fsp3) is 0.300. The van der Waals surface area contributed by atoms with Crippen molar-refractivity contribution < 1.29 is 14.3 Å². The summed E-state index contributed by atoms with van der Waals surface area (Å²) >= 11 is 11.9. The van der Waals surface area contributed by atoms with E-state index in [9.17, 15) is 9.59 Å². The highest BCUT2D eigenvalue weighted by Crippen LogP contribution is 2.21. The molecule has 0 saturated carbocycles. The Balaban J connectivity index is 2.07. The Labute approximate surface area is 169 Å². The molecule has 0 unspecified atom stereocenters. The molecule has 0 bridgehead atoms. The van der Waals surface area contributed by atoms with E-state index in [4.69, 9.17) is 27.9 Å². The second-order valence-electron chi connectivity index (χ2n) is 6.35. The van der Waals surface area contributed by atoms with Gasteiger partial charge >= 0.3 is 0 Å². The SMILES string of the molecule is COc1ccccc1CNC(=O)[C@@H](NC(=O)c1ccc(Cl)cc1Cl)C(C)C. The van der Waals surface area contributed by atoms with Crippen LogP contribution in [0.2, 0.25) is 10.0 Å². The van der Waals surface area contributed by atoms with Gasteiger partial charge in [-0.3, -0.25) is 9.59 Å². The van der Waals surface area contributed by atoms with Crippen molar-refractivity contribution in [3.63, 3.8) is 0 Å². The van der Waals surface area contributed by atoms with E-state index in [1.54, 1.807) is 13.2 Å². The van der Waals surface area contributed by atoms with Gasteiger partial charge in [0.05, 0.1) is 17.7 Å². The second-order valence-corrected chi connectivity index (χ2v) is 7.19. The number of ether oxygens (including phenoxy) is 1. The third kappa shape index (κ3) is 5.62. The molecule has 0 radical (unpaired) electrons. The fourth-order valence-electron chi connectivity index (χ4n) is 2.57.